The highest BCUT2D eigenvalue weighted by Crippen LogP contribution is 2.46. The van der Waals surface area contributed by atoms with Gasteiger partial charge in [0.05, 0.1) is 28.0 Å². The molecule has 35 heavy (non-hydrogen) atoms. The number of aromatic nitrogens is 3. The van der Waals surface area contributed by atoms with Crippen LogP contribution in [0.15, 0.2) is 82.4 Å². The summed E-state index contributed by atoms with van der Waals surface area (Å²) in [6.07, 6.45) is -0.737. The molecule has 1 unspecified atom stereocenters. The molecule has 0 N–H and O–H groups in total. The third-order valence-corrected chi connectivity index (χ3v) is 6.76. The fourth-order valence-electron chi connectivity index (χ4n) is 5.10. The topological polar surface area (TPSA) is 58.2 Å². The van der Waals surface area contributed by atoms with E-state index < -0.39 is 23.2 Å². The molecule has 6 nitrogen and oxygen atoms in total. The van der Waals surface area contributed by atoms with Crippen LogP contribution in [0.4, 0.5) is 4.39 Å². The zero-order valence-electron chi connectivity index (χ0n) is 19.4. The molecule has 0 radical (unpaired) electrons. The van der Waals surface area contributed by atoms with Crippen LogP contribution in [0.5, 0.6) is 5.75 Å². The molecule has 0 saturated heterocycles. The summed E-state index contributed by atoms with van der Waals surface area (Å²) in [4.78, 5) is 26.7. The average Bonchev–Trinajstić information content (AvgIpc) is 3.22. The molecule has 6 rings (SSSR count). The van der Waals surface area contributed by atoms with Crippen molar-refractivity contribution < 1.29 is 9.13 Å². The molecule has 1 atom stereocenters. The maximum absolute atomic E-state index is 14.3. The standard InChI is InChI=1S/C28H22FN3O3/c1-16-9-4-5-12-19(16)23-22-24(30(2)28(34)31(3)27(22)33)25-26(17-10-8-11-18(29)15-17)35-21-14-7-6-13-20(21)32(23)25/h4-15,26H,1-3H3. The van der Waals surface area contributed by atoms with E-state index in [1.54, 1.807) is 19.2 Å². The number of hydrogen-bond donors (Lipinski definition) is 0. The van der Waals surface area contributed by atoms with Gasteiger partial charge in [0, 0.05) is 25.2 Å². The van der Waals surface area contributed by atoms with E-state index in [1.165, 1.54) is 23.7 Å². The van der Waals surface area contributed by atoms with Crippen LogP contribution in [0.3, 0.4) is 0 Å². The Morgan fingerprint density at radius 3 is 2.40 bits per heavy atom. The Labute approximate surface area is 200 Å². The number of benzene rings is 3. The van der Waals surface area contributed by atoms with Crippen LogP contribution >= 0.6 is 0 Å². The lowest BCUT2D eigenvalue weighted by Crippen LogP contribution is -2.37. The predicted octanol–water partition coefficient (Wildman–Crippen LogP) is 4.62. The molecule has 0 spiro atoms. The minimum absolute atomic E-state index is 0.390. The van der Waals surface area contributed by atoms with Crippen LogP contribution in [0, 0.1) is 12.7 Å². The fraction of sp³-hybridized carbons (Fsp3) is 0.143. The Morgan fingerprint density at radius 2 is 1.63 bits per heavy atom. The van der Waals surface area contributed by atoms with Crippen LogP contribution in [-0.4, -0.2) is 13.7 Å². The van der Waals surface area contributed by atoms with Gasteiger partial charge in [-0.2, -0.15) is 0 Å². The highest BCUT2D eigenvalue weighted by Gasteiger charge is 2.36. The SMILES string of the molecule is Cc1ccccc1-c1c2c(=O)n(C)c(=O)n(C)c2c2n1-c1ccccc1OC2c1cccc(F)c1. The quantitative estimate of drug-likeness (QED) is 0.381. The molecule has 174 valence electrons. The highest BCUT2D eigenvalue weighted by molar-refractivity contribution is 5.98. The summed E-state index contributed by atoms with van der Waals surface area (Å²) in [5.74, 6) is 0.211. The van der Waals surface area contributed by atoms with Crippen LogP contribution in [0.25, 0.3) is 27.8 Å². The van der Waals surface area contributed by atoms with Gasteiger partial charge in [0.2, 0.25) is 0 Å². The molecule has 5 aromatic rings. The summed E-state index contributed by atoms with van der Waals surface area (Å²) >= 11 is 0. The van der Waals surface area contributed by atoms with Crippen LogP contribution in [-0.2, 0) is 14.1 Å². The van der Waals surface area contributed by atoms with Gasteiger partial charge < -0.3 is 9.30 Å². The number of fused-ring (bicyclic) bond motifs is 5. The van der Waals surface area contributed by atoms with Gasteiger partial charge in [-0.1, -0.05) is 48.5 Å². The Morgan fingerprint density at radius 1 is 0.886 bits per heavy atom. The monoisotopic (exact) mass is 467 g/mol. The maximum atomic E-state index is 14.3. The lowest BCUT2D eigenvalue weighted by Gasteiger charge is -2.30. The molecule has 0 bridgehead atoms. The van der Waals surface area contributed by atoms with Crippen molar-refractivity contribution in [2.75, 3.05) is 0 Å². The van der Waals surface area contributed by atoms with Gasteiger partial charge in [0.15, 0.2) is 6.10 Å². The van der Waals surface area contributed by atoms with E-state index in [0.717, 1.165) is 21.4 Å². The van der Waals surface area contributed by atoms with Crippen LogP contribution in [0.1, 0.15) is 22.9 Å². The zero-order chi connectivity index (χ0) is 24.4. The normalized spacial score (nSPS) is 14.5. The largest absolute Gasteiger partial charge is 0.477 e. The lowest BCUT2D eigenvalue weighted by atomic mass is 10.0. The molecule has 7 heteroatoms. The molecule has 3 heterocycles. The number of hydrogen-bond acceptors (Lipinski definition) is 3. The van der Waals surface area contributed by atoms with E-state index >= 15 is 0 Å². The smallest absolute Gasteiger partial charge is 0.331 e. The minimum atomic E-state index is -0.737. The molecular formula is C28H22FN3O3. The average molecular weight is 468 g/mol. The van der Waals surface area contributed by atoms with Crippen molar-refractivity contribution in [1.29, 1.82) is 0 Å². The van der Waals surface area contributed by atoms with E-state index in [2.05, 4.69) is 0 Å². The number of aryl methyl sites for hydroxylation is 2. The molecule has 3 aromatic carbocycles. The maximum Gasteiger partial charge on any atom is 0.331 e. The zero-order valence-corrected chi connectivity index (χ0v) is 19.4. The second-order valence-electron chi connectivity index (χ2n) is 8.83. The number of ether oxygens (including phenoxy) is 1. The van der Waals surface area contributed by atoms with Crippen molar-refractivity contribution in [3.8, 4) is 22.7 Å². The van der Waals surface area contributed by atoms with Crippen molar-refractivity contribution in [2.45, 2.75) is 13.0 Å². The molecule has 0 amide bonds. The van der Waals surface area contributed by atoms with Crippen molar-refractivity contribution >= 4 is 10.9 Å². The Balaban J connectivity index is 1.89. The molecule has 1 aliphatic rings. The molecule has 0 fully saturated rings. The van der Waals surface area contributed by atoms with Crippen molar-refractivity contribution in [3.63, 3.8) is 0 Å². The number of para-hydroxylation sites is 2. The van der Waals surface area contributed by atoms with Gasteiger partial charge in [-0.3, -0.25) is 13.9 Å². The van der Waals surface area contributed by atoms with Gasteiger partial charge in [-0.15, -0.1) is 0 Å². The Hall–Kier alpha value is -4.39. The lowest BCUT2D eigenvalue weighted by molar-refractivity contribution is 0.228. The third-order valence-electron chi connectivity index (χ3n) is 6.76. The first-order valence-electron chi connectivity index (χ1n) is 11.3. The van der Waals surface area contributed by atoms with Gasteiger partial charge >= 0.3 is 5.69 Å². The summed E-state index contributed by atoms with van der Waals surface area (Å²) in [6.45, 7) is 1.99. The van der Waals surface area contributed by atoms with Crippen molar-refractivity contribution in [3.05, 3.63) is 116 Å². The molecule has 1 aliphatic heterocycles. The predicted molar refractivity (Wildman–Crippen MR) is 133 cm³/mol. The first-order chi connectivity index (χ1) is 16.9. The van der Waals surface area contributed by atoms with Crippen molar-refractivity contribution in [1.82, 2.24) is 13.7 Å². The summed E-state index contributed by atoms with van der Waals surface area (Å²) < 4.78 is 25.4. The number of nitrogens with zero attached hydrogens (tertiary/aromatic N) is 3. The van der Waals surface area contributed by atoms with Gasteiger partial charge in [0.1, 0.15) is 11.6 Å². The van der Waals surface area contributed by atoms with E-state index in [4.69, 9.17) is 4.74 Å². The molecule has 0 saturated carbocycles. The third kappa shape index (κ3) is 2.94. The van der Waals surface area contributed by atoms with E-state index in [0.29, 0.717) is 33.6 Å². The summed E-state index contributed by atoms with van der Waals surface area (Å²) in [5, 5.41) is 0.417. The number of halogens is 1. The van der Waals surface area contributed by atoms with E-state index in [-0.39, 0.29) is 0 Å². The van der Waals surface area contributed by atoms with Crippen LogP contribution < -0.4 is 16.0 Å². The van der Waals surface area contributed by atoms with E-state index in [1.807, 2.05) is 60.0 Å². The number of rotatable bonds is 2. The molecular weight excluding hydrogens is 445 g/mol. The van der Waals surface area contributed by atoms with Gasteiger partial charge in [-0.25, -0.2) is 9.18 Å². The first kappa shape index (κ1) is 21.2. The van der Waals surface area contributed by atoms with Crippen LogP contribution in [0.2, 0.25) is 0 Å². The summed E-state index contributed by atoms with van der Waals surface area (Å²) in [6, 6.07) is 21.6. The second kappa shape index (κ2) is 7.56. The Bertz CT molecular complexity index is 1780. The van der Waals surface area contributed by atoms with Gasteiger partial charge in [0.25, 0.3) is 5.56 Å². The summed E-state index contributed by atoms with van der Waals surface area (Å²) in [5.41, 5.74) is 4.12. The summed E-state index contributed by atoms with van der Waals surface area (Å²) in [7, 11) is 3.13. The fourth-order valence-corrected chi connectivity index (χ4v) is 5.10. The molecule has 2 aromatic heterocycles. The highest BCUT2D eigenvalue weighted by atomic mass is 19.1. The second-order valence-corrected chi connectivity index (χ2v) is 8.83. The minimum Gasteiger partial charge on any atom is -0.477 e. The molecule has 0 aliphatic carbocycles. The van der Waals surface area contributed by atoms with E-state index in [9.17, 15) is 14.0 Å². The first-order valence-corrected chi connectivity index (χ1v) is 11.3. The van der Waals surface area contributed by atoms with Crippen molar-refractivity contribution in [2.24, 2.45) is 14.1 Å². The Kier molecular flexibility index (Phi) is 4.57. The van der Waals surface area contributed by atoms with Gasteiger partial charge in [-0.05, 0) is 36.8 Å².